The highest BCUT2D eigenvalue weighted by atomic mass is 32.2. The van der Waals surface area contributed by atoms with Crippen LogP contribution in [-0.4, -0.2) is 38.7 Å². The lowest BCUT2D eigenvalue weighted by Gasteiger charge is -2.17. The molecule has 8 heteroatoms. The number of rotatable bonds is 4. The lowest BCUT2D eigenvalue weighted by atomic mass is 10.1. The van der Waals surface area contributed by atoms with Gasteiger partial charge < -0.3 is 10.2 Å². The number of carbonyl (C=O) groups excluding carboxylic acids is 1. The number of halogens is 1. The molecule has 0 radical (unpaired) electrons. The Bertz CT molecular complexity index is 1050. The van der Waals surface area contributed by atoms with Crippen LogP contribution in [0.1, 0.15) is 41.6 Å². The third kappa shape index (κ3) is 5.20. The molecule has 1 aliphatic heterocycles. The van der Waals surface area contributed by atoms with Crippen molar-refractivity contribution >= 4 is 27.5 Å². The molecule has 1 saturated heterocycles. The standard InChI is InChI=1S/C21H24FN3O3S/c1-15-10-11-16(13-19(15)22)21(26)23-17-7-6-8-18(14-17)29(27,28)24-20-9-4-3-5-12-25(20)2/h6-8,10-11,13-14H,3-5,9,12H2,1-2H3,(H,23,26)/b24-20+. The van der Waals surface area contributed by atoms with E-state index in [9.17, 15) is 17.6 Å². The van der Waals surface area contributed by atoms with Crippen molar-refractivity contribution in [1.82, 2.24) is 4.90 Å². The quantitative estimate of drug-likeness (QED) is 0.816. The first kappa shape index (κ1) is 21.0. The van der Waals surface area contributed by atoms with Crippen LogP contribution in [-0.2, 0) is 10.0 Å². The van der Waals surface area contributed by atoms with Crippen LogP contribution in [0.15, 0.2) is 51.8 Å². The highest BCUT2D eigenvalue weighted by Gasteiger charge is 2.19. The van der Waals surface area contributed by atoms with Crippen molar-refractivity contribution < 1.29 is 17.6 Å². The van der Waals surface area contributed by atoms with Gasteiger partial charge in [-0.3, -0.25) is 4.79 Å². The largest absolute Gasteiger partial charge is 0.362 e. The zero-order chi connectivity index (χ0) is 21.0. The lowest BCUT2D eigenvalue weighted by Crippen LogP contribution is -2.26. The summed E-state index contributed by atoms with van der Waals surface area (Å²) < 4.78 is 43.3. The van der Waals surface area contributed by atoms with Gasteiger partial charge in [0.2, 0.25) is 0 Å². The summed E-state index contributed by atoms with van der Waals surface area (Å²) >= 11 is 0. The number of amides is 1. The Hall–Kier alpha value is -2.74. The second-order valence-corrected chi connectivity index (χ2v) is 8.76. The smallest absolute Gasteiger partial charge is 0.284 e. The summed E-state index contributed by atoms with van der Waals surface area (Å²) in [6.45, 7) is 2.39. The Morgan fingerprint density at radius 3 is 2.69 bits per heavy atom. The van der Waals surface area contributed by atoms with Crippen molar-refractivity contribution in [3.05, 3.63) is 59.4 Å². The van der Waals surface area contributed by atoms with Gasteiger partial charge in [0.25, 0.3) is 15.9 Å². The summed E-state index contributed by atoms with van der Waals surface area (Å²) in [5.41, 5.74) is 0.894. The molecular formula is C21H24FN3O3S. The van der Waals surface area contributed by atoms with E-state index in [4.69, 9.17) is 0 Å². The van der Waals surface area contributed by atoms with Gasteiger partial charge in [0.05, 0.1) is 4.90 Å². The summed E-state index contributed by atoms with van der Waals surface area (Å²) in [5.74, 6) is -0.447. The molecule has 0 spiro atoms. The predicted octanol–water partition coefficient (Wildman–Crippen LogP) is 3.98. The van der Waals surface area contributed by atoms with Gasteiger partial charge in [0, 0.05) is 31.3 Å². The minimum atomic E-state index is -3.91. The van der Waals surface area contributed by atoms with Gasteiger partial charge in [0.1, 0.15) is 11.7 Å². The summed E-state index contributed by atoms with van der Waals surface area (Å²) in [7, 11) is -2.07. The molecule has 0 aromatic heterocycles. The minimum Gasteiger partial charge on any atom is -0.362 e. The highest BCUT2D eigenvalue weighted by molar-refractivity contribution is 7.90. The SMILES string of the molecule is Cc1ccc(C(=O)Nc2cccc(S(=O)(=O)/N=C3\CCCCCN3C)c2)cc1F. The first-order chi connectivity index (χ1) is 13.8. The number of hydrogen-bond acceptors (Lipinski definition) is 3. The first-order valence-corrected chi connectivity index (χ1v) is 10.9. The van der Waals surface area contributed by atoms with Crippen LogP contribution < -0.4 is 5.32 Å². The molecule has 3 rings (SSSR count). The molecule has 0 unspecified atom stereocenters. The number of hydrogen-bond donors (Lipinski definition) is 1. The third-order valence-electron chi connectivity index (χ3n) is 4.88. The molecule has 1 N–H and O–H groups in total. The van der Waals surface area contributed by atoms with Crippen molar-refractivity contribution in [2.24, 2.45) is 4.40 Å². The van der Waals surface area contributed by atoms with E-state index in [1.165, 1.54) is 30.3 Å². The van der Waals surface area contributed by atoms with E-state index in [0.29, 0.717) is 23.5 Å². The fourth-order valence-electron chi connectivity index (χ4n) is 3.11. The summed E-state index contributed by atoms with van der Waals surface area (Å²) in [6.07, 6.45) is 3.58. The molecule has 6 nitrogen and oxygen atoms in total. The number of nitrogens with one attached hydrogen (secondary N) is 1. The molecule has 0 aliphatic carbocycles. The van der Waals surface area contributed by atoms with Gasteiger partial charge in [-0.05, 0) is 55.7 Å². The Morgan fingerprint density at radius 2 is 1.93 bits per heavy atom. The zero-order valence-electron chi connectivity index (χ0n) is 16.5. The number of nitrogens with zero attached hydrogens (tertiary/aromatic N) is 2. The van der Waals surface area contributed by atoms with Crippen molar-refractivity contribution in [3.63, 3.8) is 0 Å². The van der Waals surface area contributed by atoms with Gasteiger partial charge in [-0.25, -0.2) is 4.39 Å². The van der Waals surface area contributed by atoms with E-state index in [1.54, 1.807) is 13.0 Å². The average molecular weight is 418 g/mol. The monoisotopic (exact) mass is 417 g/mol. The Balaban J connectivity index is 1.82. The van der Waals surface area contributed by atoms with Gasteiger partial charge in [-0.15, -0.1) is 4.40 Å². The van der Waals surface area contributed by atoms with Crippen LogP contribution in [0.3, 0.4) is 0 Å². The Morgan fingerprint density at radius 1 is 1.14 bits per heavy atom. The summed E-state index contributed by atoms with van der Waals surface area (Å²) in [6, 6.07) is 10.1. The number of amidine groups is 1. The molecule has 0 bridgehead atoms. The Labute approximate surface area is 170 Å². The fraction of sp³-hybridized carbons (Fsp3) is 0.333. The van der Waals surface area contributed by atoms with Crippen LogP contribution in [0.4, 0.5) is 10.1 Å². The maximum Gasteiger partial charge on any atom is 0.284 e. The molecule has 1 amide bonds. The predicted molar refractivity (Wildman–Crippen MR) is 111 cm³/mol. The molecule has 2 aromatic carbocycles. The second-order valence-electron chi connectivity index (χ2n) is 7.16. The van der Waals surface area contributed by atoms with Gasteiger partial charge >= 0.3 is 0 Å². The van der Waals surface area contributed by atoms with E-state index in [2.05, 4.69) is 9.71 Å². The number of likely N-dealkylation sites (tertiary alicyclic amines) is 1. The van der Waals surface area contributed by atoms with E-state index in [1.807, 2.05) is 11.9 Å². The van der Waals surface area contributed by atoms with E-state index in [-0.39, 0.29) is 10.5 Å². The molecule has 0 atom stereocenters. The number of anilines is 1. The van der Waals surface area contributed by atoms with Crippen molar-refractivity contribution in [2.45, 2.75) is 37.5 Å². The molecule has 1 heterocycles. The van der Waals surface area contributed by atoms with Crippen LogP contribution >= 0.6 is 0 Å². The molecule has 154 valence electrons. The van der Waals surface area contributed by atoms with Gasteiger partial charge in [0.15, 0.2) is 0 Å². The number of carbonyl (C=O) groups is 1. The maximum absolute atomic E-state index is 13.7. The van der Waals surface area contributed by atoms with Crippen LogP contribution in [0.5, 0.6) is 0 Å². The molecular weight excluding hydrogens is 393 g/mol. The van der Waals surface area contributed by atoms with E-state index >= 15 is 0 Å². The number of sulfonamides is 1. The Kier molecular flexibility index (Phi) is 6.32. The normalized spacial score (nSPS) is 16.5. The molecule has 1 fully saturated rings. The number of benzene rings is 2. The van der Waals surface area contributed by atoms with Crippen molar-refractivity contribution in [3.8, 4) is 0 Å². The van der Waals surface area contributed by atoms with Crippen LogP contribution in [0.25, 0.3) is 0 Å². The molecule has 2 aromatic rings. The maximum atomic E-state index is 13.7. The van der Waals surface area contributed by atoms with Crippen LogP contribution in [0.2, 0.25) is 0 Å². The fourth-order valence-corrected chi connectivity index (χ4v) is 4.25. The summed E-state index contributed by atoms with van der Waals surface area (Å²) in [4.78, 5) is 14.2. The topological polar surface area (TPSA) is 78.8 Å². The molecule has 0 saturated carbocycles. The summed E-state index contributed by atoms with van der Waals surface area (Å²) in [5, 5.41) is 2.61. The van der Waals surface area contributed by atoms with Gasteiger partial charge in [-0.1, -0.05) is 18.6 Å². The second kappa shape index (κ2) is 8.73. The molecule has 29 heavy (non-hydrogen) atoms. The third-order valence-corrected chi connectivity index (χ3v) is 6.18. The zero-order valence-corrected chi connectivity index (χ0v) is 17.3. The minimum absolute atomic E-state index is 0.00414. The first-order valence-electron chi connectivity index (χ1n) is 9.49. The van der Waals surface area contributed by atoms with E-state index < -0.39 is 21.7 Å². The van der Waals surface area contributed by atoms with Crippen molar-refractivity contribution in [2.75, 3.05) is 18.9 Å². The number of aryl methyl sites for hydroxylation is 1. The van der Waals surface area contributed by atoms with Crippen molar-refractivity contribution in [1.29, 1.82) is 0 Å². The molecule has 1 aliphatic rings. The van der Waals surface area contributed by atoms with Crippen LogP contribution in [0, 0.1) is 12.7 Å². The average Bonchev–Trinajstić information content (AvgIpc) is 2.88. The lowest BCUT2D eigenvalue weighted by molar-refractivity contribution is 0.102. The van der Waals surface area contributed by atoms with E-state index in [0.717, 1.165) is 31.9 Å². The van der Waals surface area contributed by atoms with Gasteiger partial charge in [-0.2, -0.15) is 8.42 Å². The highest BCUT2D eigenvalue weighted by Crippen LogP contribution is 2.21.